The summed E-state index contributed by atoms with van der Waals surface area (Å²) >= 11 is 2.88. The fourth-order valence-electron chi connectivity index (χ4n) is 3.88. The van der Waals surface area contributed by atoms with Crippen molar-refractivity contribution in [3.05, 3.63) is 58.9 Å². The van der Waals surface area contributed by atoms with Crippen LogP contribution >= 0.6 is 15.9 Å². The van der Waals surface area contributed by atoms with Gasteiger partial charge in [0.2, 0.25) is 0 Å². The molecular formula is C31H40BrF6LiO7. The molecule has 2 aromatic carbocycles. The third kappa shape index (κ3) is 14.2. The second-order valence-electron chi connectivity index (χ2n) is 10.9. The van der Waals surface area contributed by atoms with Crippen LogP contribution in [-0.4, -0.2) is 57.3 Å². The van der Waals surface area contributed by atoms with Gasteiger partial charge in [-0.15, -0.1) is 0 Å². The summed E-state index contributed by atoms with van der Waals surface area (Å²) in [6.45, 7) is 13.8. The number of halogens is 7. The summed E-state index contributed by atoms with van der Waals surface area (Å²) in [5.41, 5.74) is -1.63. The van der Waals surface area contributed by atoms with Gasteiger partial charge in [-0.1, -0.05) is 29.3 Å². The van der Waals surface area contributed by atoms with Crippen molar-refractivity contribution >= 4 is 15.9 Å². The molecule has 2 aliphatic heterocycles. The molecule has 2 saturated heterocycles. The van der Waals surface area contributed by atoms with Gasteiger partial charge < -0.3 is 40.1 Å². The van der Waals surface area contributed by atoms with Gasteiger partial charge in [0.15, 0.2) is 11.6 Å². The Labute approximate surface area is 286 Å². The fraction of sp³-hybridized carbons (Fsp3) is 0.581. The molecule has 7 nitrogen and oxygen atoms in total. The molecule has 0 unspecified atom stereocenters. The molecule has 0 amide bonds. The van der Waals surface area contributed by atoms with E-state index in [-0.39, 0.29) is 66.0 Å². The van der Waals surface area contributed by atoms with E-state index in [1.54, 1.807) is 27.7 Å². The smallest absolute Gasteiger partial charge is 0.496 e. The van der Waals surface area contributed by atoms with Crippen LogP contribution in [0.2, 0.25) is 0 Å². The first kappa shape index (κ1) is 42.4. The Bertz CT molecular complexity index is 1210. The zero-order valence-electron chi connectivity index (χ0n) is 27.1. The van der Waals surface area contributed by atoms with E-state index in [0.29, 0.717) is 13.2 Å². The standard InChI is InChI=1S/C14H17F3O4.C13H14BrF3O3.C4H9.Li/c1-13(2)20-8-10(21-13)7-19-9-4-5-12(18-3)11(6-9)14(15,16)17;1-12(2)19-7-9(20-12)6-18-8-3-4-11(14)10(5-8)13(15,16)17;1-3-4-2;/h4-6,10H,7-8H2,1-3H3;3-5,9H,6-7H2,1-2H3;1,3-4H2,2H3;/q;;-1;+1/t10-;9-;;/m00../s1. The van der Waals surface area contributed by atoms with Crippen LogP contribution in [0.4, 0.5) is 26.3 Å². The Morgan fingerprint density at radius 2 is 1.22 bits per heavy atom. The summed E-state index contributed by atoms with van der Waals surface area (Å²) in [7, 11) is 1.19. The first-order valence-electron chi connectivity index (χ1n) is 14.1. The molecule has 0 spiro atoms. The van der Waals surface area contributed by atoms with Gasteiger partial charge in [0.1, 0.15) is 48.2 Å². The van der Waals surface area contributed by atoms with Gasteiger partial charge in [0.25, 0.3) is 0 Å². The fourth-order valence-corrected chi connectivity index (χ4v) is 4.35. The second-order valence-corrected chi connectivity index (χ2v) is 11.7. The summed E-state index contributed by atoms with van der Waals surface area (Å²) in [5.74, 6) is -1.35. The number of rotatable bonds is 8. The monoisotopic (exact) mass is 724 g/mol. The van der Waals surface area contributed by atoms with Crippen molar-refractivity contribution in [2.75, 3.05) is 33.5 Å². The Balaban J connectivity index is 0.000000405. The minimum atomic E-state index is -4.50. The third-order valence-corrected chi connectivity index (χ3v) is 6.77. The molecule has 15 heteroatoms. The SMILES string of the molecule is CC1(C)OC[C@H](COc2ccc(Br)c(C(F)(F)F)c2)O1.COc1ccc(OC[C@H]2COC(C)(C)O2)cc1C(F)(F)F.[CH2-]CCC.[Li+]. The molecule has 0 radical (unpaired) electrons. The number of alkyl halides is 6. The van der Waals surface area contributed by atoms with E-state index >= 15 is 0 Å². The normalized spacial score (nSPS) is 20.0. The number of unbranched alkanes of at least 4 members (excludes halogenated alkanes) is 1. The predicted octanol–water partition coefficient (Wildman–Crippen LogP) is 5.87. The van der Waals surface area contributed by atoms with Crippen LogP contribution in [0.1, 0.15) is 58.6 Å². The molecule has 2 fully saturated rings. The maximum Gasteiger partial charge on any atom is 1.00 e. The van der Waals surface area contributed by atoms with E-state index in [2.05, 4.69) is 29.8 Å². The summed E-state index contributed by atoms with van der Waals surface area (Å²) < 4.78 is 114. The minimum absolute atomic E-state index is 0. The maximum atomic E-state index is 12.9. The van der Waals surface area contributed by atoms with Crippen LogP contribution in [-0.2, 0) is 31.3 Å². The zero-order chi connectivity index (χ0) is 34.1. The molecule has 2 aliphatic rings. The molecule has 2 atom stereocenters. The Kier molecular flexibility index (Phi) is 16.8. The number of ether oxygens (including phenoxy) is 7. The summed E-state index contributed by atoms with van der Waals surface area (Å²) in [6.07, 6.45) is -7.24. The first-order valence-corrected chi connectivity index (χ1v) is 14.9. The summed E-state index contributed by atoms with van der Waals surface area (Å²) in [4.78, 5) is 0. The molecule has 4 rings (SSSR count). The van der Waals surface area contributed by atoms with Crippen LogP contribution in [0.3, 0.4) is 0 Å². The molecule has 2 aromatic rings. The first-order chi connectivity index (χ1) is 20.8. The minimum Gasteiger partial charge on any atom is -0.496 e. The molecule has 0 N–H and O–H groups in total. The molecule has 0 bridgehead atoms. The summed E-state index contributed by atoms with van der Waals surface area (Å²) in [5, 5.41) is 0. The largest absolute Gasteiger partial charge is 1.00 e. The number of hydrogen-bond acceptors (Lipinski definition) is 7. The van der Waals surface area contributed by atoms with Crippen LogP contribution in [0, 0.1) is 6.92 Å². The Hall–Kier alpha value is -1.66. The van der Waals surface area contributed by atoms with Crippen molar-refractivity contribution < 1.29 is 78.4 Å². The average Bonchev–Trinajstić information content (AvgIpc) is 3.50. The van der Waals surface area contributed by atoms with E-state index in [9.17, 15) is 26.3 Å². The Morgan fingerprint density at radius 3 is 1.57 bits per heavy atom. The topological polar surface area (TPSA) is 64.6 Å². The molecule has 256 valence electrons. The van der Waals surface area contributed by atoms with Gasteiger partial charge in [0.05, 0.1) is 25.9 Å². The quantitative estimate of drug-likeness (QED) is 0.192. The number of hydrogen-bond donors (Lipinski definition) is 0. The van der Waals surface area contributed by atoms with Crippen molar-refractivity contribution in [1.29, 1.82) is 0 Å². The van der Waals surface area contributed by atoms with Gasteiger partial charge in [-0.05, 0) is 64.1 Å². The summed E-state index contributed by atoms with van der Waals surface area (Å²) in [6, 6.07) is 7.32. The average molecular weight is 725 g/mol. The van der Waals surface area contributed by atoms with Crippen molar-refractivity contribution in [3.8, 4) is 17.2 Å². The van der Waals surface area contributed by atoms with E-state index in [4.69, 9.17) is 33.2 Å². The van der Waals surface area contributed by atoms with Crippen LogP contribution in [0.5, 0.6) is 17.2 Å². The maximum absolute atomic E-state index is 12.9. The zero-order valence-corrected chi connectivity index (χ0v) is 28.7. The molecule has 2 heterocycles. The van der Waals surface area contributed by atoms with Gasteiger partial charge >= 0.3 is 31.2 Å². The van der Waals surface area contributed by atoms with Crippen molar-refractivity contribution in [2.24, 2.45) is 0 Å². The van der Waals surface area contributed by atoms with E-state index in [1.165, 1.54) is 37.8 Å². The Morgan fingerprint density at radius 1 is 0.804 bits per heavy atom. The van der Waals surface area contributed by atoms with Crippen LogP contribution in [0.25, 0.3) is 0 Å². The van der Waals surface area contributed by atoms with Crippen LogP contribution in [0.15, 0.2) is 40.9 Å². The molecule has 0 saturated carbocycles. The van der Waals surface area contributed by atoms with E-state index < -0.39 is 35.1 Å². The van der Waals surface area contributed by atoms with Crippen molar-refractivity contribution in [1.82, 2.24) is 0 Å². The molecule has 46 heavy (non-hydrogen) atoms. The van der Waals surface area contributed by atoms with E-state index in [1.807, 2.05) is 0 Å². The second kappa shape index (κ2) is 18.2. The number of methoxy groups -OCH3 is 1. The van der Waals surface area contributed by atoms with Crippen LogP contribution < -0.4 is 33.1 Å². The molecule has 0 aromatic heterocycles. The third-order valence-electron chi connectivity index (χ3n) is 6.08. The number of benzene rings is 2. The molecular weight excluding hydrogens is 685 g/mol. The van der Waals surface area contributed by atoms with Crippen molar-refractivity contribution in [2.45, 2.75) is 83.6 Å². The van der Waals surface area contributed by atoms with E-state index in [0.717, 1.165) is 18.6 Å². The van der Waals surface area contributed by atoms with Gasteiger partial charge in [-0.2, -0.15) is 32.8 Å². The predicted molar refractivity (Wildman–Crippen MR) is 158 cm³/mol. The van der Waals surface area contributed by atoms with Gasteiger partial charge in [-0.25, -0.2) is 0 Å². The molecule has 0 aliphatic carbocycles. The van der Waals surface area contributed by atoms with Gasteiger partial charge in [-0.3, -0.25) is 0 Å². The van der Waals surface area contributed by atoms with Crippen molar-refractivity contribution in [3.63, 3.8) is 0 Å². The van der Waals surface area contributed by atoms with Gasteiger partial charge in [0, 0.05) is 4.47 Å².